The Labute approximate surface area is 90.2 Å². The Morgan fingerprint density at radius 2 is 2.20 bits per heavy atom. The van der Waals surface area contributed by atoms with Gasteiger partial charge >= 0.3 is 0 Å². The SMILES string of the molecule is c1ccc2[nH]c(Cc3csnn3)nc2c1. The lowest BCUT2D eigenvalue weighted by Gasteiger charge is -1.88. The second-order valence-electron chi connectivity index (χ2n) is 3.27. The van der Waals surface area contributed by atoms with Gasteiger partial charge in [0.2, 0.25) is 0 Å². The highest BCUT2D eigenvalue weighted by Crippen LogP contribution is 2.12. The molecule has 0 spiro atoms. The van der Waals surface area contributed by atoms with Crippen LogP contribution in [0.4, 0.5) is 0 Å². The maximum atomic E-state index is 4.47. The van der Waals surface area contributed by atoms with E-state index in [4.69, 9.17) is 0 Å². The first kappa shape index (κ1) is 8.55. The average Bonchev–Trinajstić information content (AvgIpc) is 2.86. The van der Waals surface area contributed by atoms with Gasteiger partial charge in [-0.3, -0.25) is 0 Å². The van der Waals surface area contributed by atoms with Crippen molar-refractivity contribution in [2.45, 2.75) is 6.42 Å². The first-order valence-corrected chi connectivity index (χ1v) is 5.45. The molecule has 0 fully saturated rings. The molecule has 15 heavy (non-hydrogen) atoms. The van der Waals surface area contributed by atoms with Gasteiger partial charge in [0, 0.05) is 5.38 Å². The Kier molecular flexibility index (Phi) is 1.96. The van der Waals surface area contributed by atoms with Crippen LogP contribution in [0, 0.1) is 0 Å². The number of fused-ring (bicyclic) bond motifs is 1. The van der Waals surface area contributed by atoms with E-state index in [1.165, 1.54) is 11.5 Å². The summed E-state index contributed by atoms with van der Waals surface area (Å²) in [5.74, 6) is 0.934. The number of aromatic amines is 1. The molecule has 0 saturated heterocycles. The lowest BCUT2D eigenvalue weighted by molar-refractivity contribution is 0.959. The third-order valence-corrected chi connectivity index (χ3v) is 2.75. The molecule has 0 saturated carbocycles. The van der Waals surface area contributed by atoms with E-state index in [2.05, 4.69) is 19.6 Å². The number of nitrogens with one attached hydrogen (secondary N) is 1. The van der Waals surface area contributed by atoms with Crippen molar-refractivity contribution >= 4 is 22.6 Å². The van der Waals surface area contributed by atoms with Gasteiger partial charge in [-0.05, 0) is 23.7 Å². The predicted molar refractivity (Wildman–Crippen MR) is 58.8 cm³/mol. The van der Waals surface area contributed by atoms with Crippen molar-refractivity contribution in [2.24, 2.45) is 0 Å². The minimum atomic E-state index is 0.713. The summed E-state index contributed by atoms with van der Waals surface area (Å²) < 4.78 is 3.82. The number of imidazole rings is 1. The third-order valence-electron chi connectivity index (χ3n) is 2.19. The predicted octanol–water partition coefficient (Wildman–Crippen LogP) is 2.01. The normalized spacial score (nSPS) is 10.9. The minimum absolute atomic E-state index is 0.713. The highest BCUT2D eigenvalue weighted by molar-refractivity contribution is 7.03. The molecular formula is C10H8N4S. The lowest BCUT2D eigenvalue weighted by atomic mass is 10.3. The van der Waals surface area contributed by atoms with Gasteiger partial charge in [0.15, 0.2) is 0 Å². The lowest BCUT2D eigenvalue weighted by Crippen LogP contribution is -1.90. The highest BCUT2D eigenvalue weighted by Gasteiger charge is 2.04. The van der Waals surface area contributed by atoms with Crippen molar-refractivity contribution in [1.82, 2.24) is 19.6 Å². The molecule has 0 aliphatic carbocycles. The van der Waals surface area contributed by atoms with E-state index in [0.717, 1.165) is 22.6 Å². The largest absolute Gasteiger partial charge is 0.342 e. The summed E-state index contributed by atoms with van der Waals surface area (Å²) in [5.41, 5.74) is 3.02. The summed E-state index contributed by atoms with van der Waals surface area (Å²) in [6, 6.07) is 7.99. The molecule has 4 nitrogen and oxygen atoms in total. The fraction of sp³-hybridized carbons (Fsp3) is 0.100. The van der Waals surface area contributed by atoms with E-state index in [1.54, 1.807) is 0 Å². The van der Waals surface area contributed by atoms with Gasteiger partial charge in [0.25, 0.3) is 0 Å². The Morgan fingerprint density at radius 3 is 3.00 bits per heavy atom. The molecule has 1 aromatic carbocycles. The fourth-order valence-corrected chi connectivity index (χ4v) is 1.97. The van der Waals surface area contributed by atoms with Crippen LogP contribution in [0.15, 0.2) is 29.6 Å². The van der Waals surface area contributed by atoms with Crippen LogP contribution in [0.5, 0.6) is 0 Å². The Hall–Kier alpha value is -1.75. The minimum Gasteiger partial charge on any atom is -0.342 e. The molecule has 0 atom stereocenters. The summed E-state index contributed by atoms with van der Waals surface area (Å²) in [5, 5.41) is 5.93. The first-order chi connectivity index (χ1) is 7.42. The van der Waals surface area contributed by atoms with Crippen molar-refractivity contribution in [3.05, 3.63) is 41.2 Å². The fourth-order valence-electron chi connectivity index (χ4n) is 1.52. The second kappa shape index (κ2) is 3.43. The number of H-pyrrole nitrogens is 1. The molecule has 2 heterocycles. The number of benzene rings is 1. The van der Waals surface area contributed by atoms with E-state index < -0.39 is 0 Å². The summed E-state index contributed by atoms with van der Waals surface area (Å²) in [4.78, 5) is 7.73. The number of hydrogen-bond donors (Lipinski definition) is 1. The van der Waals surface area contributed by atoms with Crippen molar-refractivity contribution in [3.8, 4) is 0 Å². The van der Waals surface area contributed by atoms with Gasteiger partial charge in [0.05, 0.1) is 23.1 Å². The molecule has 1 N–H and O–H groups in total. The van der Waals surface area contributed by atoms with Crippen molar-refractivity contribution in [1.29, 1.82) is 0 Å². The van der Waals surface area contributed by atoms with Gasteiger partial charge in [-0.2, -0.15) is 0 Å². The standard InChI is InChI=1S/C10H8N4S/c1-2-4-9-8(3-1)11-10(12-9)5-7-6-15-14-13-7/h1-4,6H,5H2,(H,11,12). The van der Waals surface area contributed by atoms with E-state index in [1.807, 2.05) is 29.6 Å². The van der Waals surface area contributed by atoms with Crippen LogP contribution < -0.4 is 0 Å². The van der Waals surface area contributed by atoms with Crippen molar-refractivity contribution in [2.75, 3.05) is 0 Å². The molecule has 0 aliphatic rings. The molecule has 5 heteroatoms. The smallest absolute Gasteiger partial charge is 0.113 e. The molecule has 0 bridgehead atoms. The molecule has 2 aromatic heterocycles. The van der Waals surface area contributed by atoms with Crippen LogP contribution >= 0.6 is 11.5 Å². The molecule has 3 rings (SSSR count). The van der Waals surface area contributed by atoms with E-state index in [0.29, 0.717) is 6.42 Å². The van der Waals surface area contributed by atoms with Crippen LogP contribution in [-0.4, -0.2) is 19.6 Å². The van der Waals surface area contributed by atoms with Gasteiger partial charge in [-0.15, -0.1) is 5.10 Å². The molecular weight excluding hydrogens is 208 g/mol. The monoisotopic (exact) mass is 216 g/mol. The topological polar surface area (TPSA) is 54.5 Å². The third kappa shape index (κ3) is 1.61. The summed E-state index contributed by atoms with van der Waals surface area (Å²) >= 11 is 1.36. The average molecular weight is 216 g/mol. The number of hydrogen-bond acceptors (Lipinski definition) is 4. The number of nitrogens with zero attached hydrogens (tertiary/aromatic N) is 3. The quantitative estimate of drug-likeness (QED) is 0.712. The van der Waals surface area contributed by atoms with Crippen LogP contribution in [0.25, 0.3) is 11.0 Å². The molecule has 0 amide bonds. The summed E-state index contributed by atoms with van der Waals surface area (Å²) in [6.07, 6.45) is 0.713. The summed E-state index contributed by atoms with van der Waals surface area (Å²) in [7, 11) is 0. The van der Waals surface area contributed by atoms with E-state index in [-0.39, 0.29) is 0 Å². The maximum Gasteiger partial charge on any atom is 0.113 e. The van der Waals surface area contributed by atoms with Crippen molar-refractivity contribution in [3.63, 3.8) is 0 Å². The zero-order valence-corrected chi connectivity index (χ0v) is 8.66. The maximum absolute atomic E-state index is 4.47. The van der Waals surface area contributed by atoms with Gasteiger partial charge in [0.1, 0.15) is 5.82 Å². The molecule has 3 aromatic rings. The Bertz CT molecular complexity index is 537. The van der Waals surface area contributed by atoms with Crippen LogP contribution in [0.1, 0.15) is 11.5 Å². The Morgan fingerprint density at radius 1 is 1.27 bits per heavy atom. The summed E-state index contributed by atoms with van der Waals surface area (Å²) in [6.45, 7) is 0. The molecule has 74 valence electrons. The van der Waals surface area contributed by atoms with Crippen molar-refractivity contribution < 1.29 is 0 Å². The molecule has 0 aliphatic heterocycles. The zero-order chi connectivity index (χ0) is 10.1. The van der Waals surface area contributed by atoms with Gasteiger partial charge < -0.3 is 4.98 Å². The molecule has 0 radical (unpaired) electrons. The van der Waals surface area contributed by atoms with Gasteiger partial charge in [-0.1, -0.05) is 16.6 Å². The van der Waals surface area contributed by atoms with Crippen LogP contribution in [-0.2, 0) is 6.42 Å². The van der Waals surface area contributed by atoms with Crippen LogP contribution in [0.2, 0.25) is 0 Å². The highest BCUT2D eigenvalue weighted by atomic mass is 32.1. The van der Waals surface area contributed by atoms with Crippen LogP contribution in [0.3, 0.4) is 0 Å². The van der Waals surface area contributed by atoms with E-state index >= 15 is 0 Å². The molecule has 0 unspecified atom stereocenters. The Balaban J connectivity index is 1.98. The van der Waals surface area contributed by atoms with E-state index in [9.17, 15) is 0 Å². The number of rotatable bonds is 2. The second-order valence-corrected chi connectivity index (χ2v) is 3.88. The van der Waals surface area contributed by atoms with Gasteiger partial charge in [-0.25, -0.2) is 4.98 Å². The number of para-hydroxylation sites is 2. The zero-order valence-electron chi connectivity index (χ0n) is 7.84. The first-order valence-electron chi connectivity index (χ1n) is 4.61. The number of aromatic nitrogens is 4.